The second-order valence-corrected chi connectivity index (χ2v) is 6.21. The molecule has 1 saturated heterocycles. The molecule has 1 aromatic carbocycles. The first-order valence-electron chi connectivity index (χ1n) is 8.61. The summed E-state index contributed by atoms with van der Waals surface area (Å²) in [6, 6.07) is 12.2. The number of quaternary nitrogens is 1. The van der Waals surface area contributed by atoms with Crippen molar-refractivity contribution in [1.29, 1.82) is 0 Å². The molecule has 0 radical (unpaired) electrons. The molecule has 0 bridgehead atoms. The number of nitrogens with one attached hydrogen (secondary N) is 1. The summed E-state index contributed by atoms with van der Waals surface area (Å²) in [6.45, 7) is 7.87. The molecule has 5 nitrogen and oxygen atoms in total. The SMILES string of the molecule is CC[NH+]1CCN(c2nc(-c3ccncc3)nc3ccccc23)CC1. The molecule has 1 fully saturated rings. The molecule has 1 N–H and O–H groups in total. The van der Waals surface area contributed by atoms with Crippen molar-refractivity contribution in [3.63, 3.8) is 0 Å². The first kappa shape index (κ1) is 15.0. The average Bonchev–Trinajstić information content (AvgIpc) is 2.68. The van der Waals surface area contributed by atoms with E-state index in [9.17, 15) is 0 Å². The van der Waals surface area contributed by atoms with Crippen LogP contribution >= 0.6 is 0 Å². The highest BCUT2D eigenvalue weighted by Gasteiger charge is 2.22. The number of rotatable bonds is 3. The maximum absolute atomic E-state index is 4.92. The zero-order valence-electron chi connectivity index (χ0n) is 13.9. The van der Waals surface area contributed by atoms with E-state index in [0.717, 1.165) is 41.2 Å². The standard InChI is InChI=1S/C19H21N5/c1-2-23-11-13-24(14-12-23)19-16-5-3-4-6-17(16)21-18(22-19)15-7-9-20-10-8-15/h3-10H,2,11-14H2,1H3/p+1. The van der Waals surface area contributed by atoms with Crippen LogP contribution in [0.5, 0.6) is 0 Å². The molecule has 1 aliphatic rings. The Hall–Kier alpha value is -2.53. The molecule has 0 unspecified atom stereocenters. The lowest BCUT2D eigenvalue weighted by molar-refractivity contribution is -0.898. The van der Waals surface area contributed by atoms with Crippen LogP contribution in [0.4, 0.5) is 5.82 Å². The van der Waals surface area contributed by atoms with E-state index in [-0.39, 0.29) is 0 Å². The maximum atomic E-state index is 4.92. The fourth-order valence-corrected chi connectivity index (χ4v) is 3.32. The molecule has 2 aromatic heterocycles. The van der Waals surface area contributed by atoms with Crippen molar-refractivity contribution in [3.8, 4) is 11.4 Å². The van der Waals surface area contributed by atoms with Crippen LogP contribution in [0.2, 0.25) is 0 Å². The lowest BCUT2D eigenvalue weighted by Crippen LogP contribution is -3.14. The smallest absolute Gasteiger partial charge is 0.162 e. The van der Waals surface area contributed by atoms with E-state index in [4.69, 9.17) is 9.97 Å². The molecule has 3 aromatic rings. The third kappa shape index (κ3) is 2.83. The van der Waals surface area contributed by atoms with Crippen molar-refractivity contribution >= 4 is 16.7 Å². The highest BCUT2D eigenvalue weighted by Crippen LogP contribution is 2.27. The fourth-order valence-electron chi connectivity index (χ4n) is 3.32. The number of aromatic nitrogens is 3. The summed E-state index contributed by atoms with van der Waals surface area (Å²) in [5.41, 5.74) is 2.01. The van der Waals surface area contributed by atoms with E-state index in [1.165, 1.54) is 19.6 Å². The minimum absolute atomic E-state index is 0.774. The molecule has 122 valence electrons. The van der Waals surface area contributed by atoms with Crippen LogP contribution in [0.3, 0.4) is 0 Å². The van der Waals surface area contributed by atoms with Crippen LogP contribution < -0.4 is 9.80 Å². The number of anilines is 1. The summed E-state index contributed by atoms with van der Waals surface area (Å²) in [6.07, 6.45) is 3.58. The van der Waals surface area contributed by atoms with Crippen LogP contribution in [0.25, 0.3) is 22.3 Å². The summed E-state index contributed by atoms with van der Waals surface area (Å²) >= 11 is 0. The number of para-hydroxylation sites is 1. The van der Waals surface area contributed by atoms with Crippen LogP contribution in [0.1, 0.15) is 6.92 Å². The number of pyridine rings is 1. The Morgan fingerprint density at radius 1 is 1.00 bits per heavy atom. The van der Waals surface area contributed by atoms with E-state index >= 15 is 0 Å². The Morgan fingerprint density at radius 2 is 1.75 bits per heavy atom. The number of nitrogens with zero attached hydrogens (tertiary/aromatic N) is 4. The Morgan fingerprint density at radius 3 is 2.50 bits per heavy atom. The van der Waals surface area contributed by atoms with Crippen molar-refractivity contribution in [1.82, 2.24) is 15.0 Å². The van der Waals surface area contributed by atoms with Gasteiger partial charge < -0.3 is 9.80 Å². The van der Waals surface area contributed by atoms with Crippen LogP contribution in [-0.4, -0.2) is 47.7 Å². The number of fused-ring (bicyclic) bond motifs is 1. The van der Waals surface area contributed by atoms with Crippen molar-refractivity contribution in [3.05, 3.63) is 48.8 Å². The molecule has 0 saturated carbocycles. The molecule has 24 heavy (non-hydrogen) atoms. The lowest BCUT2D eigenvalue weighted by Gasteiger charge is -2.33. The fraction of sp³-hybridized carbons (Fsp3) is 0.316. The van der Waals surface area contributed by atoms with Gasteiger partial charge in [-0.05, 0) is 31.2 Å². The molecular weight excluding hydrogens is 298 g/mol. The Bertz CT molecular complexity index is 826. The van der Waals surface area contributed by atoms with Crippen molar-refractivity contribution in [2.24, 2.45) is 0 Å². The second-order valence-electron chi connectivity index (χ2n) is 6.21. The summed E-state index contributed by atoms with van der Waals surface area (Å²) in [7, 11) is 0. The number of benzene rings is 1. The molecule has 0 atom stereocenters. The maximum Gasteiger partial charge on any atom is 0.162 e. The number of hydrogen-bond donors (Lipinski definition) is 1. The third-order valence-electron chi connectivity index (χ3n) is 4.79. The van der Waals surface area contributed by atoms with E-state index < -0.39 is 0 Å². The predicted molar refractivity (Wildman–Crippen MR) is 96.2 cm³/mol. The zero-order chi connectivity index (χ0) is 16.4. The van der Waals surface area contributed by atoms with Gasteiger partial charge in [-0.15, -0.1) is 0 Å². The molecule has 4 rings (SSSR count). The van der Waals surface area contributed by atoms with E-state index in [1.807, 2.05) is 18.2 Å². The molecule has 5 heteroatoms. The van der Waals surface area contributed by atoms with E-state index in [1.54, 1.807) is 17.3 Å². The van der Waals surface area contributed by atoms with Gasteiger partial charge in [0.15, 0.2) is 5.82 Å². The zero-order valence-corrected chi connectivity index (χ0v) is 13.9. The quantitative estimate of drug-likeness (QED) is 0.793. The average molecular weight is 320 g/mol. The van der Waals surface area contributed by atoms with Gasteiger partial charge in [0.1, 0.15) is 5.82 Å². The molecule has 0 spiro atoms. The van der Waals surface area contributed by atoms with Gasteiger partial charge in [-0.2, -0.15) is 0 Å². The monoisotopic (exact) mass is 320 g/mol. The van der Waals surface area contributed by atoms with Gasteiger partial charge in [-0.1, -0.05) is 12.1 Å². The summed E-state index contributed by atoms with van der Waals surface area (Å²) in [5.74, 6) is 1.83. The summed E-state index contributed by atoms with van der Waals surface area (Å²) in [4.78, 5) is 17.9. The number of piperazine rings is 1. The minimum Gasteiger partial charge on any atom is -0.345 e. The van der Waals surface area contributed by atoms with Crippen molar-refractivity contribution < 1.29 is 4.90 Å². The first-order chi connectivity index (χ1) is 11.8. The topological polar surface area (TPSA) is 46.4 Å². The molecule has 3 heterocycles. The largest absolute Gasteiger partial charge is 0.345 e. The normalized spacial score (nSPS) is 15.8. The van der Waals surface area contributed by atoms with Gasteiger partial charge in [-0.25, -0.2) is 9.97 Å². The Balaban J connectivity index is 1.79. The molecule has 0 amide bonds. The van der Waals surface area contributed by atoms with Crippen LogP contribution in [0.15, 0.2) is 48.8 Å². The van der Waals surface area contributed by atoms with Crippen molar-refractivity contribution in [2.75, 3.05) is 37.6 Å². The van der Waals surface area contributed by atoms with Gasteiger partial charge in [0.2, 0.25) is 0 Å². The highest BCUT2D eigenvalue weighted by atomic mass is 15.3. The predicted octanol–water partition coefficient (Wildman–Crippen LogP) is 1.42. The van der Waals surface area contributed by atoms with Gasteiger partial charge in [0.05, 0.1) is 38.2 Å². The third-order valence-corrected chi connectivity index (χ3v) is 4.79. The van der Waals surface area contributed by atoms with E-state index in [2.05, 4.69) is 35.0 Å². The van der Waals surface area contributed by atoms with Gasteiger partial charge in [-0.3, -0.25) is 4.98 Å². The van der Waals surface area contributed by atoms with Gasteiger partial charge in [0, 0.05) is 23.3 Å². The molecular formula is C19H22N5+. The Labute approximate surface area is 142 Å². The molecule has 0 aliphatic carbocycles. The minimum atomic E-state index is 0.774. The first-order valence-corrected chi connectivity index (χ1v) is 8.61. The lowest BCUT2D eigenvalue weighted by atomic mass is 10.2. The van der Waals surface area contributed by atoms with E-state index in [0.29, 0.717) is 0 Å². The van der Waals surface area contributed by atoms with Crippen LogP contribution in [-0.2, 0) is 0 Å². The second kappa shape index (κ2) is 6.53. The molecule has 1 aliphatic heterocycles. The van der Waals surface area contributed by atoms with Crippen LogP contribution in [0, 0.1) is 0 Å². The number of hydrogen-bond acceptors (Lipinski definition) is 4. The van der Waals surface area contributed by atoms with Crippen molar-refractivity contribution in [2.45, 2.75) is 6.92 Å². The highest BCUT2D eigenvalue weighted by molar-refractivity contribution is 5.91. The summed E-state index contributed by atoms with van der Waals surface area (Å²) < 4.78 is 0. The number of likely N-dealkylation sites (N-methyl/N-ethyl adjacent to an activating group) is 1. The summed E-state index contributed by atoms with van der Waals surface area (Å²) in [5, 5.41) is 1.13. The Kier molecular flexibility index (Phi) is 4.09. The van der Waals surface area contributed by atoms with Gasteiger partial charge >= 0.3 is 0 Å². The van der Waals surface area contributed by atoms with Gasteiger partial charge in [0.25, 0.3) is 0 Å².